The molecule has 0 fully saturated rings. The molecule has 7 heteroatoms. The fourth-order valence-electron chi connectivity index (χ4n) is 2.80. The van der Waals surface area contributed by atoms with Crippen molar-refractivity contribution >= 4 is 28.2 Å². The molecule has 1 atom stereocenters. The van der Waals surface area contributed by atoms with Gasteiger partial charge in [-0.1, -0.05) is 18.2 Å². The van der Waals surface area contributed by atoms with Gasteiger partial charge in [0, 0.05) is 6.42 Å². The van der Waals surface area contributed by atoms with Crippen LogP contribution in [0.1, 0.15) is 20.8 Å². The SMILES string of the molecule is C[NH+]1CCc2c(sc(NC(=O)COc3ccccc3)c2C(N)=O)C1. The zero-order valence-electron chi connectivity index (χ0n) is 13.4. The molecule has 6 nitrogen and oxygen atoms in total. The van der Waals surface area contributed by atoms with Gasteiger partial charge < -0.3 is 20.7 Å². The van der Waals surface area contributed by atoms with E-state index in [1.54, 1.807) is 12.1 Å². The lowest BCUT2D eigenvalue weighted by Crippen LogP contribution is -3.08. The number of anilines is 1. The predicted molar refractivity (Wildman–Crippen MR) is 92.6 cm³/mol. The standard InChI is InChI=1S/C17H19N3O3S/c1-20-8-7-12-13(9-20)24-17(15(12)16(18)22)19-14(21)10-23-11-5-3-2-4-6-11/h2-6H,7-10H2,1H3,(H2,18,22)(H,19,21)/p+1. The van der Waals surface area contributed by atoms with Gasteiger partial charge in [0.15, 0.2) is 6.61 Å². The molecular formula is C17H20N3O3S+. The number of amides is 2. The van der Waals surface area contributed by atoms with Crippen molar-refractivity contribution in [3.8, 4) is 5.75 Å². The van der Waals surface area contributed by atoms with Crippen LogP contribution in [0.5, 0.6) is 5.75 Å². The summed E-state index contributed by atoms with van der Waals surface area (Å²) in [5, 5.41) is 3.31. The quantitative estimate of drug-likeness (QED) is 0.734. The van der Waals surface area contributed by atoms with E-state index in [1.807, 2.05) is 18.2 Å². The average Bonchev–Trinajstić information content (AvgIpc) is 2.90. The Labute approximate surface area is 144 Å². The largest absolute Gasteiger partial charge is 0.484 e. The van der Waals surface area contributed by atoms with Gasteiger partial charge in [-0.05, 0) is 17.7 Å². The van der Waals surface area contributed by atoms with Crippen molar-refractivity contribution in [2.75, 3.05) is 25.5 Å². The molecule has 1 aliphatic rings. The summed E-state index contributed by atoms with van der Waals surface area (Å²) < 4.78 is 5.43. The Bertz CT molecular complexity index is 758. The highest BCUT2D eigenvalue weighted by atomic mass is 32.1. The van der Waals surface area contributed by atoms with Crippen molar-refractivity contribution in [3.63, 3.8) is 0 Å². The third-order valence-corrected chi connectivity index (χ3v) is 5.11. The zero-order valence-corrected chi connectivity index (χ0v) is 14.2. The molecule has 0 radical (unpaired) electrons. The minimum atomic E-state index is -0.494. The van der Waals surface area contributed by atoms with E-state index in [0.717, 1.165) is 30.0 Å². The molecule has 0 saturated heterocycles. The molecule has 4 N–H and O–H groups in total. The van der Waals surface area contributed by atoms with E-state index in [0.29, 0.717) is 16.3 Å². The number of likely N-dealkylation sites (N-methyl/N-ethyl adjacent to an activating group) is 1. The van der Waals surface area contributed by atoms with Crippen molar-refractivity contribution in [2.24, 2.45) is 5.73 Å². The Hall–Kier alpha value is -2.38. The number of fused-ring (bicyclic) bond motifs is 1. The van der Waals surface area contributed by atoms with E-state index in [4.69, 9.17) is 10.5 Å². The smallest absolute Gasteiger partial charge is 0.262 e. The molecule has 0 saturated carbocycles. The number of ether oxygens (including phenoxy) is 1. The number of nitrogens with one attached hydrogen (secondary N) is 2. The lowest BCUT2D eigenvalue weighted by molar-refractivity contribution is -0.895. The van der Waals surface area contributed by atoms with E-state index < -0.39 is 5.91 Å². The van der Waals surface area contributed by atoms with Crippen LogP contribution in [0.25, 0.3) is 0 Å². The first-order valence-electron chi connectivity index (χ1n) is 7.78. The topological polar surface area (TPSA) is 85.9 Å². The fraction of sp³-hybridized carbons (Fsp3) is 0.294. The number of carbonyl (C=O) groups excluding carboxylic acids is 2. The Kier molecular flexibility index (Phi) is 4.82. The molecule has 1 aliphatic heterocycles. The summed E-state index contributed by atoms with van der Waals surface area (Å²) in [6.45, 7) is 1.68. The molecule has 1 unspecified atom stereocenters. The average molecular weight is 346 g/mol. The van der Waals surface area contributed by atoms with Crippen LogP contribution in [0.3, 0.4) is 0 Å². The summed E-state index contributed by atoms with van der Waals surface area (Å²) in [6, 6.07) is 9.12. The van der Waals surface area contributed by atoms with Gasteiger partial charge in [-0.25, -0.2) is 0 Å². The zero-order chi connectivity index (χ0) is 17.1. The molecule has 0 spiro atoms. The van der Waals surface area contributed by atoms with Gasteiger partial charge in [0.25, 0.3) is 11.8 Å². The first-order chi connectivity index (χ1) is 11.5. The highest BCUT2D eigenvalue weighted by Crippen LogP contribution is 2.34. The van der Waals surface area contributed by atoms with Crippen LogP contribution in [-0.4, -0.2) is 32.0 Å². The second-order valence-electron chi connectivity index (χ2n) is 5.86. The number of thiophene rings is 1. The summed E-state index contributed by atoms with van der Waals surface area (Å²) in [5.41, 5.74) is 6.97. The van der Waals surface area contributed by atoms with Crippen molar-refractivity contribution < 1.29 is 19.2 Å². The molecule has 2 heterocycles. The van der Waals surface area contributed by atoms with Crippen molar-refractivity contribution in [1.29, 1.82) is 0 Å². The number of hydrogen-bond acceptors (Lipinski definition) is 4. The molecule has 2 amide bonds. The number of para-hydroxylation sites is 1. The number of benzene rings is 1. The van der Waals surface area contributed by atoms with Crippen LogP contribution in [-0.2, 0) is 17.8 Å². The van der Waals surface area contributed by atoms with Gasteiger partial charge >= 0.3 is 0 Å². The summed E-state index contributed by atoms with van der Waals surface area (Å²) >= 11 is 1.43. The maximum atomic E-state index is 12.2. The van der Waals surface area contributed by atoms with Crippen LogP contribution >= 0.6 is 11.3 Å². The normalized spacial score (nSPS) is 16.3. The van der Waals surface area contributed by atoms with Gasteiger partial charge in [0.2, 0.25) is 0 Å². The molecule has 1 aromatic carbocycles. The molecule has 0 aliphatic carbocycles. The van der Waals surface area contributed by atoms with Crippen LogP contribution in [0.2, 0.25) is 0 Å². The summed E-state index contributed by atoms with van der Waals surface area (Å²) in [4.78, 5) is 26.5. The highest BCUT2D eigenvalue weighted by molar-refractivity contribution is 7.17. The number of rotatable bonds is 5. The van der Waals surface area contributed by atoms with Crippen molar-refractivity contribution in [3.05, 3.63) is 46.3 Å². The van der Waals surface area contributed by atoms with Gasteiger partial charge in [0.1, 0.15) is 17.3 Å². The molecule has 126 valence electrons. The maximum absolute atomic E-state index is 12.2. The van der Waals surface area contributed by atoms with Crippen LogP contribution in [0, 0.1) is 0 Å². The molecule has 2 aromatic rings. The molecule has 1 aromatic heterocycles. The Balaban J connectivity index is 1.72. The highest BCUT2D eigenvalue weighted by Gasteiger charge is 2.28. The second kappa shape index (κ2) is 7.02. The van der Waals surface area contributed by atoms with Gasteiger partial charge in [-0.3, -0.25) is 9.59 Å². The number of primary amides is 1. The Morgan fingerprint density at radius 1 is 1.33 bits per heavy atom. The summed E-state index contributed by atoms with van der Waals surface area (Å²) in [5.74, 6) is -0.176. The monoisotopic (exact) mass is 346 g/mol. The van der Waals surface area contributed by atoms with E-state index in [2.05, 4.69) is 12.4 Å². The van der Waals surface area contributed by atoms with Gasteiger partial charge in [-0.2, -0.15) is 0 Å². The number of nitrogens with two attached hydrogens (primary N) is 1. The van der Waals surface area contributed by atoms with Crippen LogP contribution < -0.4 is 20.7 Å². The summed E-state index contributed by atoms with van der Waals surface area (Å²) in [7, 11) is 2.11. The van der Waals surface area contributed by atoms with Crippen LogP contribution in [0.4, 0.5) is 5.00 Å². The Morgan fingerprint density at radius 2 is 2.08 bits per heavy atom. The lowest BCUT2D eigenvalue weighted by atomic mass is 10.0. The third kappa shape index (κ3) is 3.58. The van der Waals surface area contributed by atoms with E-state index in [1.165, 1.54) is 16.2 Å². The van der Waals surface area contributed by atoms with E-state index in [-0.39, 0.29) is 12.5 Å². The van der Waals surface area contributed by atoms with E-state index >= 15 is 0 Å². The molecule has 3 rings (SSSR count). The minimum absolute atomic E-state index is 0.115. The lowest BCUT2D eigenvalue weighted by Gasteiger charge is -2.19. The number of carbonyl (C=O) groups is 2. The first-order valence-corrected chi connectivity index (χ1v) is 8.59. The Morgan fingerprint density at radius 3 is 2.79 bits per heavy atom. The molecule has 24 heavy (non-hydrogen) atoms. The second-order valence-corrected chi connectivity index (χ2v) is 6.96. The van der Waals surface area contributed by atoms with Crippen LogP contribution in [0.15, 0.2) is 30.3 Å². The van der Waals surface area contributed by atoms with Crippen molar-refractivity contribution in [1.82, 2.24) is 0 Å². The molecular weight excluding hydrogens is 326 g/mol. The maximum Gasteiger partial charge on any atom is 0.262 e. The minimum Gasteiger partial charge on any atom is -0.484 e. The summed E-state index contributed by atoms with van der Waals surface area (Å²) in [6.07, 6.45) is 0.798. The van der Waals surface area contributed by atoms with E-state index in [9.17, 15) is 9.59 Å². The number of hydrogen-bond donors (Lipinski definition) is 3. The van der Waals surface area contributed by atoms with Crippen molar-refractivity contribution in [2.45, 2.75) is 13.0 Å². The van der Waals surface area contributed by atoms with Gasteiger partial charge in [0.05, 0.1) is 24.0 Å². The third-order valence-electron chi connectivity index (χ3n) is 3.97. The fourth-order valence-corrected chi connectivity index (χ4v) is 4.18. The molecule has 0 bridgehead atoms. The predicted octanol–water partition coefficient (Wildman–Crippen LogP) is 0.435. The first kappa shape index (κ1) is 16.5. The number of quaternary nitrogens is 1. The van der Waals surface area contributed by atoms with Gasteiger partial charge in [-0.15, -0.1) is 11.3 Å².